The molecule has 0 amide bonds. The lowest BCUT2D eigenvalue weighted by Gasteiger charge is -2.36. The minimum atomic E-state index is 0.543. The number of nitrogens with zero attached hydrogens (tertiary/aromatic N) is 3. The summed E-state index contributed by atoms with van der Waals surface area (Å²) in [6.45, 7) is 9.15. The van der Waals surface area contributed by atoms with Gasteiger partial charge in [0.25, 0.3) is 0 Å². The van der Waals surface area contributed by atoms with Gasteiger partial charge in [-0.05, 0) is 57.3 Å². The van der Waals surface area contributed by atoms with Crippen molar-refractivity contribution in [2.24, 2.45) is 5.92 Å². The number of hydrogen-bond donors (Lipinski definition) is 1. The van der Waals surface area contributed by atoms with Gasteiger partial charge in [-0.2, -0.15) is 10.2 Å². The largest absolute Gasteiger partial charge is 0.308 e. The van der Waals surface area contributed by atoms with E-state index >= 15 is 0 Å². The van der Waals surface area contributed by atoms with E-state index in [1.807, 2.05) is 12.1 Å². The predicted molar refractivity (Wildman–Crippen MR) is 77.8 cm³/mol. The van der Waals surface area contributed by atoms with Crippen LogP contribution >= 0.6 is 0 Å². The Morgan fingerprint density at radius 3 is 3.16 bits per heavy atom. The Bertz CT molecular complexity index is 352. The maximum Gasteiger partial charge on any atom is 0.0769 e. The molecule has 2 atom stereocenters. The summed E-state index contributed by atoms with van der Waals surface area (Å²) in [5, 5.41) is 11.6. The molecule has 0 radical (unpaired) electrons. The second-order valence-corrected chi connectivity index (χ2v) is 5.59. The number of nitrogens with one attached hydrogen (secondary N) is 1. The molecule has 1 aromatic rings. The van der Waals surface area contributed by atoms with Gasteiger partial charge >= 0.3 is 0 Å². The van der Waals surface area contributed by atoms with Crippen molar-refractivity contribution in [1.82, 2.24) is 20.4 Å². The highest BCUT2D eigenvalue weighted by atomic mass is 15.1. The summed E-state index contributed by atoms with van der Waals surface area (Å²) < 4.78 is 0. The third-order valence-corrected chi connectivity index (χ3v) is 4.02. The van der Waals surface area contributed by atoms with Crippen LogP contribution in [-0.4, -0.2) is 40.8 Å². The molecular weight excluding hydrogens is 236 g/mol. The van der Waals surface area contributed by atoms with E-state index in [0.717, 1.165) is 18.2 Å². The van der Waals surface area contributed by atoms with E-state index < -0.39 is 0 Å². The molecule has 0 aromatic carbocycles. The Morgan fingerprint density at radius 2 is 2.42 bits per heavy atom. The van der Waals surface area contributed by atoms with E-state index in [1.54, 1.807) is 6.20 Å². The van der Waals surface area contributed by atoms with Gasteiger partial charge in [0.05, 0.1) is 5.69 Å². The Balaban J connectivity index is 1.77. The molecule has 0 bridgehead atoms. The summed E-state index contributed by atoms with van der Waals surface area (Å²) in [6.07, 6.45) is 5.65. The SMILES string of the molecule is CCCN1CCCC(C(C)NCc2cccnn2)C1. The van der Waals surface area contributed by atoms with Crippen LogP contribution in [0.3, 0.4) is 0 Å². The van der Waals surface area contributed by atoms with E-state index in [-0.39, 0.29) is 0 Å². The van der Waals surface area contributed by atoms with E-state index in [0.29, 0.717) is 6.04 Å². The maximum absolute atomic E-state index is 4.12. The molecule has 0 spiro atoms. The molecule has 4 heteroatoms. The van der Waals surface area contributed by atoms with Crippen LogP contribution in [0, 0.1) is 5.92 Å². The molecule has 2 heterocycles. The third kappa shape index (κ3) is 4.55. The molecule has 19 heavy (non-hydrogen) atoms. The van der Waals surface area contributed by atoms with Crippen molar-refractivity contribution in [2.75, 3.05) is 19.6 Å². The van der Waals surface area contributed by atoms with Crippen LogP contribution in [0.15, 0.2) is 18.3 Å². The van der Waals surface area contributed by atoms with E-state index in [4.69, 9.17) is 0 Å². The lowest BCUT2D eigenvalue weighted by molar-refractivity contribution is 0.150. The predicted octanol–water partition coefficient (Wildman–Crippen LogP) is 2.08. The van der Waals surface area contributed by atoms with Crippen molar-refractivity contribution in [3.63, 3.8) is 0 Å². The number of hydrogen-bond acceptors (Lipinski definition) is 4. The smallest absolute Gasteiger partial charge is 0.0769 e. The Hall–Kier alpha value is -1.00. The quantitative estimate of drug-likeness (QED) is 0.852. The molecule has 0 aliphatic carbocycles. The fourth-order valence-electron chi connectivity index (χ4n) is 2.88. The molecule has 0 saturated carbocycles. The maximum atomic E-state index is 4.12. The number of piperidine rings is 1. The van der Waals surface area contributed by atoms with Gasteiger partial charge in [-0.15, -0.1) is 0 Å². The molecule has 4 nitrogen and oxygen atoms in total. The zero-order valence-electron chi connectivity index (χ0n) is 12.2. The summed E-state index contributed by atoms with van der Waals surface area (Å²) >= 11 is 0. The fraction of sp³-hybridized carbons (Fsp3) is 0.733. The molecule has 1 fully saturated rings. The van der Waals surface area contributed by atoms with Crippen LogP contribution in [0.25, 0.3) is 0 Å². The van der Waals surface area contributed by atoms with Crippen LogP contribution < -0.4 is 5.32 Å². The van der Waals surface area contributed by atoms with Crippen molar-refractivity contribution in [1.29, 1.82) is 0 Å². The summed E-state index contributed by atoms with van der Waals surface area (Å²) in [5.74, 6) is 0.761. The van der Waals surface area contributed by atoms with Crippen molar-refractivity contribution >= 4 is 0 Å². The normalized spacial score (nSPS) is 22.3. The zero-order chi connectivity index (χ0) is 13.5. The van der Waals surface area contributed by atoms with Crippen molar-refractivity contribution in [3.05, 3.63) is 24.0 Å². The van der Waals surface area contributed by atoms with Gasteiger partial charge in [0.2, 0.25) is 0 Å². The van der Waals surface area contributed by atoms with Crippen LogP contribution in [0.1, 0.15) is 38.8 Å². The monoisotopic (exact) mass is 262 g/mol. The second-order valence-electron chi connectivity index (χ2n) is 5.59. The van der Waals surface area contributed by atoms with Gasteiger partial charge in [0, 0.05) is 25.3 Å². The molecule has 106 valence electrons. The Morgan fingerprint density at radius 1 is 1.53 bits per heavy atom. The molecule has 2 unspecified atom stereocenters. The van der Waals surface area contributed by atoms with E-state index in [2.05, 4.69) is 34.3 Å². The van der Waals surface area contributed by atoms with E-state index in [9.17, 15) is 0 Å². The van der Waals surface area contributed by atoms with Crippen LogP contribution in [0.4, 0.5) is 0 Å². The van der Waals surface area contributed by atoms with Crippen LogP contribution in [0.5, 0.6) is 0 Å². The second kappa shape index (κ2) is 7.56. The zero-order valence-corrected chi connectivity index (χ0v) is 12.2. The average molecular weight is 262 g/mol. The van der Waals surface area contributed by atoms with E-state index in [1.165, 1.54) is 38.9 Å². The van der Waals surface area contributed by atoms with Gasteiger partial charge in [-0.25, -0.2) is 0 Å². The molecule has 2 rings (SSSR count). The molecule has 1 N–H and O–H groups in total. The van der Waals surface area contributed by atoms with Crippen molar-refractivity contribution in [2.45, 2.75) is 45.7 Å². The van der Waals surface area contributed by atoms with Crippen LogP contribution in [0.2, 0.25) is 0 Å². The van der Waals surface area contributed by atoms with Gasteiger partial charge < -0.3 is 10.2 Å². The Labute approximate surface area is 116 Å². The van der Waals surface area contributed by atoms with Crippen LogP contribution in [-0.2, 0) is 6.54 Å². The Kier molecular flexibility index (Phi) is 5.73. The van der Waals surface area contributed by atoms with Gasteiger partial charge in [-0.3, -0.25) is 0 Å². The molecule has 1 aliphatic rings. The van der Waals surface area contributed by atoms with Gasteiger partial charge in [0.15, 0.2) is 0 Å². The van der Waals surface area contributed by atoms with Crippen molar-refractivity contribution < 1.29 is 0 Å². The summed E-state index contributed by atoms with van der Waals surface area (Å²) in [7, 11) is 0. The summed E-state index contributed by atoms with van der Waals surface area (Å²) in [5.41, 5.74) is 1.02. The topological polar surface area (TPSA) is 41.0 Å². The first-order valence-corrected chi connectivity index (χ1v) is 7.52. The fourth-order valence-corrected chi connectivity index (χ4v) is 2.88. The highest BCUT2D eigenvalue weighted by Crippen LogP contribution is 2.20. The average Bonchev–Trinajstić information content (AvgIpc) is 2.46. The number of aromatic nitrogens is 2. The first-order chi connectivity index (χ1) is 9.29. The standard InChI is InChI=1S/C15H26N4/c1-3-9-19-10-5-6-14(12-19)13(2)16-11-15-7-4-8-17-18-15/h4,7-8,13-14,16H,3,5-6,9-12H2,1-2H3. The molecule has 1 aromatic heterocycles. The molecular formula is C15H26N4. The third-order valence-electron chi connectivity index (χ3n) is 4.02. The summed E-state index contributed by atoms with van der Waals surface area (Å²) in [4.78, 5) is 2.61. The highest BCUT2D eigenvalue weighted by molar-refractivity contribution is 4.98. The number of likely N-dealkylation sites (tertiary alicyclic amines) is 1. The first-order valence-electron chi connectivity index (χ1n) is 7.52. The minimum absolute atomic E-state index is 0.543. The van der Waals surface area contributed by atoms with Crippen molar-refractivity contribution in [3.8, 4) is 0 Å². The molecule has 1 aliphatic heterocycles. The first kappa shape index (κ1) is 14.4. The molecule has 1 saturated heterocycles. The number of rotatable bonds is 6. The lowest BCUT2D eigenvalue weighted by Crippen LogP contribution is -2.44. The minimum Gasteiger partial charge on any atom is -0.308 e. The van der Waals surface area contributed by atoms with Gasteiger partial charge in [-0.1, -0.05) is 6.92 Å². The lowest BCUT2D eigenvalue weighted by atomic mass is 9.91. The summed E-state index contributed by atoms with van der Waals surface area (Å²) in [6, 6.07) is 4.51. The highest BCUT2D eigenvalue weighted by Gasteiger charge is 2.23. The van der Waals surface area contributed by atoms with Gasteiger partial charge in [0.1, 0.15) is 0 Å².